The number of nitrogens with zero attached hydrogens (tertiary/aromatic N) is 1. The number of ether oxygens (including phenoxy) is 1. The zero-order valence-electron chi connectivity index (χ0n) is 15.8. The largest absolute Gasteiger partial charge is 0.452 e. The molecule has 0 fully saturated rings. The highest BCUT2D eigenvalue weighted by atomic mass is 16.6. The summed E-state index contributed by atoms with van der Waals surface area (Å²) in [6.45, 7) is 3.82. The van der Waals surface area contributed by atoms with E-state index in [2.05, 4.69) is 19.2 Å². The van der Waals surface area contributed by atoms with Crippen LogP contribution in [0.4, 0.5) is 11.4 Å². The number of amides is 1. The molecule has 0 saturated carbocycles. The predicted molar refractivity (Wildman–Crippen MR) is 107 cm³/mol. The fourth-order valence-electron chi connectivity index (χ4n) is 2.42. The van der Waals surface area contributed by atoms with Crippen molar-refractivity contribution < 1.29 is 19.2 Å². The van der Waals surface area contributed by atoms with Crippen LogP contribution in [-0.2, 0) is 14.3 Å². The van der Waals surface area contributed by atoms with Gasteiger partial charge in [-0.1, -0.05) is 38.1 Å². The second kappa shape index (κ2) is 10.0. The summed E-state index contributed by atoms with van der Waals surface area (Å²) in [6, 6.07) is 13.4. The van der Waals surface area contributed by atoms with Crippen molar-refractivity contribution >= 4 is 29.3 Å². The molecule has 2 rings (SSSR count). The predicted octanol–water partition coefficient (Wildman–Crippen LogP) is 4.30. The van der Waals surface area contributed by atoms with E-state index in [-0.39, 0.29) is 5.69 Å². The van der Waals surface area contributed by atoms with Crippen molar-refractivity contribution in [3.63, 3.8) is 0 Å². The van der Waals surface area contributed by atoms with Crippen LogP contribution in [0.1, 0.15) is 37.3 Å². The Morgan fingerprint density at radius 3 is 2.57 bits per heavy atom. The molecule has 0 heterocycles. The molecule has 2 aromatic rings. The van der Waals surface area contributed by atoms with E-state index >= 15 is 0 Å². The van der Waals surface area contributed by atoms with Crippen LogP contribution in [-0.4, -0.2) is 23.4 Å². The van der Waals surface area contributed by atoms with Crippen molar-refractivity contribution in [2.75, 3.05) is 11.9 Å². The average molecular weight is 382 g/mol. The minimum Gasteiger partial charge on any atom is -0.452 e. The molecular formula is C21H22N2O5. The Hall–Kier alpha value is -3.48. The van der Waals surface area contributed by atoms with Crippen LogP contribution in [0.2, 0.25) is 0 Å². The van der Waals surface area contributed by atoms with E-state index in [4.69, 9.17) is 4.74 Å². The van der Waals surface area contributed by atoms with Crippen LogP contribution in [0.5, 0.6) is 0 Å². The standard InChI is InChI=1S/C21H22N2O5/c1-3-15(2)17-8-10-18(11-9-17)22-20(24)14-28-21(25)12-7-16-5-4-6-19(13-16)23(26)27/h4-13,15H,3,14H2,1-2H3,(H,22,24)/b12-7+/t15-/m1/s1. The Morgan fingerprint density at radius 2 is 1.93 bits per heavy atom. The van der Waals surface area contributed by atoms with Crippen molar-refractivity contribution in [2.45, 2.75) is 26.2 Å². The third-order valence-corrected chi connectivity index (χ3v) is 4.21. The number of nitro benzene ring substituents is 1. The lowest BCUT2D eigenvalue weighted by Gasteiger charge is -2.10. The second-order valence-electron chi connectivity index (χ2n) is 6.27. The van der Waals surface area contributed by atoms with Gasteiger partial charge < -0.3 is 10.1 Å². The van der Waals surface area contributed by atoms with Crippen molar-refractivity contribution in [2.24, 2.45) is 0 Å². The summed E-state index contributed by atoms with van der Waals surface area (Å²) in [5, 5.41) is 13.4. The molecule has 0 spiro atoms. The van der Waals surface area contributed by atoms with Crippen LogP contribution in [0, 0.1) is 10.1 Å². The number of nitro groups is 1. The van der Waals surface area contributed by atoms with Gasteiger partial charge in [0.05, 0.1) is 4.92 Å². The van der Waals surface area contributed by atoms with Gasteiger partial charge in [-0.05, 0) is 41.7 Å². The summed E-state index contributed by atoms with van der Waals surface area (Å²) in [5.41, 5.74) is 2.23. The van der Waals surface area contributed by atoms with Crippen LogP contribution in [0.3, 0.4) is 0 Å². The molecule has 146 valence electrons. The van der Waals surface area contributed by atoms with Gasteiger partial charge in [0.2, 0.25) is 0 Å². The molecule has 0 aromatic heterocycles. The van der Waals surface area contributed by atoms with E-state index in [1.165, 1.54) is 29.8 Å². The van der Waals surface area contributed by atoms with Crippen molar-refractivity contribution in [3.05, 3.63) is 75.8 Å². The van der Waals surface area contributed by atoms with Gasteiger partial charge in [0, 0.05) is 23.9 Å². The zero-order valence-corrected chi connectivity index (χ0v) is 15.8. The maximum absolute atomic E-state index is 11.9. The van der Waals surface area contributed by atoms with Gasteiger partial charge in [0.1, 0.15) is 0 Å². The highest BCUT2D eigenvalue weighted by Gasteiger charge is 2.08. The minimum absolute atomic E-state index is 0.0748. The first-order chi connectivity index (χ1) is 13.4. The molecule has 0 bridgehead atoms. The van der Waals surface area contributed by atoms with E-state index in [1.807, 2.05) is 24.3 Å². The number of nitrogens with one attached hydrogen (secondary N) is 1. The smallest absolute Gasteiger partial charge is 0.331 e. The van der Waals surface area contributed by atoms with Crippen molar-refractivity contribution in [3.8, 4) is 0 Å². The molecule has 1 atom stereocenters. The average Bonchev–Trinajstić information content (AvgIpc) is 2.71. The fraction of sp³-hybridized carbons (Fsp3) is 0.238. The van der Waals surface area contributed by atoms with E-state index in [1.54, 1.807) is 6.07 Å². The first-order valence-corrected chi connectivity index (χ1v) is 8.88. The third kappa shape index (κ3) is 6.35. The van der Waals surface area contributed by atoms with Crippen molar-refractivity contribution in [1.82, 2.24) is 0 Å². The summed E-state index contributed by atoms with van der Waals surface area (Å²) in [4.78, 5) is 33.8. The highest BCUT2D eigenvalue weighted by Crippen LogP contribution is 2.20. The Labute approximate surface area is 163 Å². The molecule has 0 unspecified atom stereocenters. The summed E-state index contributed by atoms with van der Waals surface area (Å²) in [6.07, 6.45) is 3.54. The number of benzene rings is 2. The monoisotopic (exact) mass is 382 g/mol. The maximum atomic E-state index is 11.9. The van der Waals surface area contributed by atoms with Gasteiger partial charge in [-0.2, -0.15) is 0 Å². The quantitative estimate of drug-likeness (QED) is 0.318. The number of non-ortho nitro benzene ring substituents is 1. The number of rotatable bonds is 8. The van der Waals surface area contributed by atoms with Gasteiger partial charge in [-0.15, -0.1) is 0 Å². The van der Waals surface area contributed by atoms with Gasteiger partial charge in [-0.3, -0.25) is 14.9 Å². The maximum Gasteiger partial charge on any atom is 0.331 e. The lowest BCUT2D eigenvalue weighted by atomic mass is 9.99. The Kier molecular flexibility index (Phi) is 7.45. The molecule has 1 N–H and O–H groups in total. The highest BCUT2D eigenvalue weighted by molar-refractivity contribution is 5.94. The molecule has 0 aliphatic rings. The number of anilines is 1. The molecular weight excluding hydrogens is 360 g/mol. The van der Waals surface area contributed by atoms with Gasteiger partial charge >= 0.3 is 5.97 Å². The minimum atomic E-state index is -0.714. The molecule has 2 aromatic carbocycles. The fourth-order valence-corrected chi connectivity index (χ4v) is 2.42. The molecule has 0 radical (unpaired) electrons. The molecule has 0 aliphatic heterocycles. The van der Waals surface area contributed by atoms with Crippen LogP contribution < -0.4 is 5.32 Å². The number of esters is 1. The van der Waals surface area contributed by atoms with E-state index in [9.17, 15) is 19.7 Å². The van der Waals surface area contributed by atoms with Crippen LogP contribution in [0.25, 0.3) is 6.08 Å². The molecule has 1 amide bonds. The number of carbonyl (C=O) groups is 2. The lowest BCUT2D eigenvalue weighted by molar-refractivity contribution is -0.384. The SMILES string of the molecule is CC[C@@H](C)c1ccc(NC(=O)COC(=O)/C=C/c2cccc([N+](=O)[O-])c2)cc1. The molecule has 0 saturated heterocycles. The number of carbonyl (C=O) groups excluding carboxylic acids is 2. The topological polar surface area (TPSA) is 98.5 Å². The first kappa shape index (κ1) is 20.8. The number of hydrogen-bond acceptors (Lipinski definition) is 5. The Morgan fingerprint density at radius 1 is 1.21 bits per heavy atom. The first-order valence-electron chi connectivity index (χ1n) is 8.88. The molecule has 7 nitrogen and oxygen atoms in total. The van der Waals surface area contributed by atoms with Gasteiger partial charge in [0.25, 0.3) is 11.6 Å². The Balaban J connectivity index is 1.83. The number of hydrogen-bond donors (Lipinski definition) is 1. The summed E-state index contributed by atoms with van der Waals surface area (Å²) in [7, 11) is 0. The molecule has 0 aliphatic carbocycles. The van der Waals surface area contributed by atoms with Gasteiger partial charge in [-0.25, -0.2) is 4.79 Å². The Bertz CT molecular complexity index is 875. The third-order valence-electron chi connectivity index (χ3n) is 4.21. The zero-order chi connectivity index (χ0) is 20.5. The lowest BCUT2D eigenvalue weighted by Crippen LogP contribution is -2.20. The van der Waals surface area contributed by atoms with E-state index < -0.39 is 23.4 Å². The second-order valence-corrected chi connectivity index (χ2v) is 6.27. The van der Waals surface area contributed by atoms with E-state index in [0.29, 0.717) is 17.2 Å². The molecule has 28 heavy (non-hydrogen) atoms. The summed E-state index contributed by atoms with van der Waals surface area (Å²) in [5.74, 6) is -0.717. The normalized spacial score (nSPS) is 11.8. The molecule has 7 heteroatoms. The van der Waals surface area contributed by atoms with Gasteiger partial charge in [0.15, 0.2) is 6.61 Å². The summed E-state index contributed by atoms with van der Waals surface area (Å²) >= 11 is 0. The summed E-state index contributed by atoms with van der Waals surface area (Å²) < 4.78 is 4.88. The van der Waals surface area contributed by atoms with Crippen LogP contribution >= 0.6 is 0 Å². The van der Waals surface area contributed by atoms with Crippen molar-refractivity contribution in [1.29, 1.82) is 0 Å². The van der Waals surface area contributed by atoms with E-state index in [0.717, 1.165) is 12.5 Å². The van der Waals surface area contributed by atoms with Crippen LogP contribution in [0.15, 0.2) is 54.6 Å².